The summed E-state index contributed by atoms with van der Waals surface area (Å²) in [4.78, 5) is 68.6. The predicted molar refractivity (Wildman–Crippen MR) is 188 cm³/mol. The highest BCUT2D eigenvalue weighted by Crippen LogP contribution is 2.65. The van der Waals surface area contributed by atoms with Gasteiger partial charge in [-0.25, -0.2) is 9.52 Å². The first kappa shape index (κ1) is 41.0. The number of amides is 5. The fourth-order valence-corrected chi connectivity index (χ4v) is 8.35. The molecule has 2 aliphatic heterocycles. The zero-order valence-electron chi connectivity index (χ0n) is 29.5. The van der Waals surface area contributed by atoms with Crippen molar-refractivity contribution in [3.05, 3.63) is 12.7 Å². The molecule has 17 heteroatoms. The Morgan fingerprint density at radius 2 is 1.69 bits per heavy atom. The number of alkyl halides is 2. The van der Waals surface area contributed by atoms with Gasteiger partial charge >= 0.3 is 6.03 Å². The largest absolute Gasteiger partial charge is 0.346 e. The third-order valence-corrected chi connectivity index (χ3v) is 12.0. The van der Waals surface area contributed by atoms with Crippen molar-refractivity contribution in [1.29, 1.82) is 0 Å². The second-order valence-electron chi connectivity index (χ2n) is 15.3. The average molecular weight is 751 g/mol. The third-order valence-electron chi connectivity index (χ3n) is 9.33. The number of nitrogens with zero attached hydrogens (tertiary/aromatic N) is 2. The maximum atomic E-state index is 14.3. The Morgan fingerprint density at radius 3 is 2.24 bits per heavy atom. The summed E-state index contributed by atoms with van der Waals surface area (Å²) in [7, 11) is -3.70. The van der Waals surface area contributed by atoms with E-state index >= 15 is 0 Å². The van der Waals surface area contributed by atoms with Crippen molar-refractivity contribution in [3.8, 4) is 0 Å². The summed E-state index contributed by atoms with van der Waals surface area (Å²) in [6.45, 7) is 17.2. The van der Waals surface area contributed by atoms with Gasteiger partial charge in [-0.1, -0.05) is 67.4 Å². The molecule has 5 amide bonds. The van der Waals surface area contributed by atoms with E-state index < -0.39 is 90.9 Å². The molecule has 0 spiro atoms. The molecular formula is C32H53Cl2N7O7S. The maximum absolute atomic E-state index is 14.3. The fraction of sp³-hybridized carbons (Fsp3) is 0.781. The van der Waals surface area contributed by atoms with Crippen LogP contribution in [0.3, 0.4) is 0 Å². The number of rotatable bonds is 14. The molecule has 278 valence electrons. The molecule has 1 saturated carbocycles. The summed E-state index contributed by atoms with van der Waals surface area (Å²) in [5.41, 5.74) is -1.38. The number of carbonyl (C=O) groups excluding carboxylic acids is 5. The first-order valence-corrected chi connectivity index (χ1v) is 19.0. The molecule has 1 unspecified atom stereocenters. The summed E-state index contributed by atoms with van der Waals surface area (Å²) in [5, 5.41) is 10.8. The molecule has 3 fully saturated rings. The minimum atomic E-state index is -3.70. The van der Waals surface area contributed by atoms with E-state index in [-0.39, 0.29) is 26.1 Å². The van der Waals surface area contributed by atoms with E-state index in [2.05, 4.69) is 32.6 Å². The second-order valence-corrected chi connectivity index (χ2v) is 18.5. The van der Waals surface area contributed by atoms with Gasteiger partial charge in [0.05, 0.1) is 6.04 Å². The number of hydrogen-bond acceptors (Lipinski definition) is 7. The number of nitrogens with one attached hydrogen (secondary N) is 5. The Morgan fingerprint density at radius 1 is 1.04 bits per heavy atom. The van der Waals surface area contributed by atoms with Crippen molar-refractivity contribution in [2.24, 2.45) is 22.7 Å². The van der Waals surface area contributed by atoms with E-state index in [1.165, 1.54) is 15.3 Å². The van der Waals surface area contributed by atoms with Crippen molar-refractivity contribution >= 4 is 62.9 Å². The van der Waals surface area contributed by atoms with Crippen LogP contribution in [0.2, 0.25) is 0 Å². The van der Waals surface area contributed by atoms with Crippen molar-refractivity contribution in [1.82, 2.24) is 35.2 Å². The minimum Gasteiger partial charge on any atom is -0.346 e. The number of hydrogen-bond donors (Lipinski definition) is 5. The Kier molecular flexibility index (Phi) is 13.2. The topological polar surface area (TPSA) is 186 Å². The molecule has 0 radical (unpaired) electrons. The minimum absolute atomic E-state index is 0.0230. The van der Waals surface area contributed by atoms with Gasteiger partial charge in [-0.3, -0.25) is 19.2 Å². The highest BCUT2D eigenvalue weighted by molar-refractivity contribution is 7.87. The number of halogens is 2. The van der Waals surface area contributed by atoms with Gasteiger partial charge in [-0.15, -0.1) is 29.8 Å². The molecule has 14 nitrogen and oxygen atoms in total. The molecule has 3 rings (SSSR count). The predicted octanol–water partition coefficient (Wildman–Crippen LogP) is 1.83. The van der Waals surface area contributed by atoms with Gasteiger partial charge in [0.1, 0.15) is 16.4 Å². The van der Waals surface area contributed by atoms with Crippen LogP contribution >= 0.6 is 23.2 Å². The number of unbranched alkanes of at least 4 members (excludes halogenated alkanes) is 1. The lowest BCUT2D eigenvalue weighted by atomic mass is 9.85. The lowest BCUT2D eigenvalue weighted by Crippen LogP contribution is -2.63. The van der Waals surface area contributed by atoms with Crippen molar-refractivity contribution in [3.63, 3.8) is 0 Å². The summed E-state index contributed by atoms with van der Waals surface area (Å²) >= 11 is 13.1. The number of urea groups is 1. The Hall–Kier alpha value is -2.46. The van der Waals surface area contributed by atoms with Gasteiger partial charge in [0, 0.05) is 50.6 Å². The fourth-order valence-electron chi connectivity index (χ4n) is 6.22. The average Bonchev–Trinajstić information content (AvgIpc) is 3.31. The number of Topliss-reactive ketones (excluding diaryl/α,β-unsaturated/α-hetero) is 1. The molecular weight excluding hydrogens is 697 g/mol. The van der Waals surface area contributed by atoms with Gasteiger partial charge in [0.25, 0.3) is 16.1 Å². The molecule has 49 heavy (non-hydrogen) atoms. The molecule has 5 N–H and O–H groups in total. The van der Waals surface area contributed by atoms with E-state index in [9.17, 15) is 32.4 Å². The highest BCUT2D eigenvalue weighted by Gasteiger charge is 2.74. The molecule has 2 heterocycles. The van der Waals surface area contributed by atoms with Crippen LogP contribution in [0.25, 0.3) is 0 Å². The van der Waals surface area contributed by atoms with Crippen LogP contribution in [0.5, 0.6) is 0 Å². The quantitative estimate of drug-likeness (QED) is 0.102. The van der Waals surface area contributed by atoms with E-state index in [4.69, 9.17) is 23.2 Å². The van der Waals surface area contributed by atoms with Gasteiger partial charge in [-0.2, -0.15) is 12.7 Å². The summed E-state index contributed by atoms with van der Waals surface area (Å²) < 4.78 is 27.8. The summed E-state index contributed by atoms with van der Waals surface area (Å²) in [6, 6.07) is -4.72. The molecule has 2 saturated heterocycles. The number of piperidine rings is 1. The van der Waals surface area contributed by atoms with E-state index in [1.807, 2.05) is 27.7 Å². The maximum Gasteiger partial charge on any atom is 0.315 e. The number of fused-ring (bicyclic) bond motifs is 1. The summed E-state index contributed by atoms with van der Waals surface area (Å²) in [6.07, 6.45) is 3.53. The molecule has 0 aromatic heterocycles. The smallest absolute Gasteiger partial charge is 0.315 e. The number of carbonyl (C=O) groups is 5. The lowest BCUT2D eigenvalue weighted by Gasteiger charge is -2.39. The Bertz CT molecular complexity index is 1400. The van der Waals surface area contributed by atoms with E-state index in [0.717, 1.165) is 0 Å². The van der Waals surface area contributed by atoms with Crippen LogP contribution < -0.4 is 26.0 Å². The normalized spacial score (nSPS) is 24.8. The van der Waals surface area contributed by atoms with Gasteiger partial charge in [0.2, 0.25) is 17.6 Å². The number of ketones is 1. The molecule has 1 aliphatic carbocycles. The first-order chi connectivity index (χ1) is 22.6. The highest BCUT2D eigenvalue weighted by atomic mass is 35.5. The van der Waals surface area contributed by atoms with Crippen molar-refractivity contribution < 1.29 is 32.4 Å². The van der Waals surface area contributed by atoms with Crippen LogP contribution in [0.1, 0.15) is 74.1 Å². The Labute approximate surface area is 300 Å². The number of likely N-dealkylation sites (tertiary alicyclic amines) is 1. The molecule has 3 aliphatic rings. The molecule has 6 atom stereocenters. The van der Waals surface area contributed by atoms with Gasteiger partial charge in [-0.05, 0) is 23.7 Å². The van der Waals surface area contributed by atoms with Gasteiger partial charge < -0.3 is 26.2 Å². The van der Waals surface area contributed by atoms with Gasteiger partial charge in [0.15, 0.2) is 0 Å². The molecule has 0 bridgehead atoms. The zero-order valence-corrected chi connectivity index (χ0v) is 31.9. The van der Waals surface area contributed by atoms with Crippen LogP contribution in [0.4, 0.5) is 4.79 Å². The first-order valence-electron chi connectivity index (χ1n) is 16.8. The SMILES string of the molecule is C=CCNC(=O)C(=O)C(CCCC)NC(=O)[C@@H]1[C@@H]2[C@H](CN1C(=O)[C@@H](NC(=O)N[C@H](CN1CCCNS1(=O)=O)C(C)(C)C)C(C)(C)C)C2(Cl)Cl. The Balaban J connectivity index is 1.83. The standard InChI is InChI=1S/C32H53Cl2N7O7S/c1-9-11-13-20(24(42)27(44)35-14-10-2)37-26(43)23-22-19(32(22,33)34)17-41(23)28(45)25(31(6,7)8)39-29(46)38-21(30(3,4)5)18-40-16-12-15-36-49(40,47)48/h10,19-23,25,36H,2,9,11-18H2,1,3-8H3,(H,35,44)(H,37,43)(H2,38,39,46)/t19-,20?,21+,22-,23-,25+/m0/s1. The van der Waals surface area contributed by atoms with Crippen LogP contribution in [0.15, 0.2) is 12.7 Å². The molecule has 0 aromatic carbocycles. The second kappa shape index (κ2) is 15.8. The molecule has 0 aromatic rings. The third kappa shape index (κ3) is 9.87. The van der Waals surface area contributed by atoms with Crippen molar-refractivity contribution in [2.45, 2.75) is 103 Å². The van der Waals surface area contributed by atoms with E-state index in [1.54, 1.807) is 20.8 Å². The van der Waals surface area contributed by atoms with Crippen LogP contribution in [-0.4, -0.2) is 108 Å². The van der Waals surface area contributed by atoms with Crippen LogP contribution in [0, 0.1) is 22.7 Å². The zero-order chi connectivity index (χ0) is 37.1. The lowest BCUT2D eigenvalue weighted by molar-refractivity contribution is -0.144. The van der Waals surface area contributed by atoms with Crippen molar-refractivity contribution in [2.75, 3.05) is 32.7 Å². The monoisotopic (exact) mass is 749 g/mol. The van der Waals surface area contributed by atoms with Crippen LogP contribution in [-0.2, 0) is 29.4 Å². The van der Waals surface area contributed by atoms with E-state index in [0.29, 0.717) is 32.4 Å². The summed E-state index contributed by atoms with van der Waals surface area (Å²) in [5.74, 6) is -3.94.